The summed E-state index contributed by atoms with van der Waals surface area (Å²) >= 11 is 0. The van der Waals surface area contributed by atoms with Crippen LogP contribution < -0.4 is 10.1 Å². The molecule has 0 unspecified atom stereocenters. The number of halogens is 1. The third kappa shape index (κ3) is 4.18. The zero-order chi connectivity index (χ0) is 15.1. The van der Waals surface area contributed by atoms with E-state index in [0.29, 0.717) is 0 Å². The number of aromatic nitrogens is 1. The first-order valence-corrected chi connectivity index (χ1v) is 6.74. The SMILES string of the molecule is CCCNc1ccc(COc2ccc(C#N)cc2F)cn1. The Labute approximate surface area is 123 Å². The Morgan fingerprint density at radius 3 is 2.81 bits per heavy atom. The third-order valence-corrected chi connectivity index (χ3v) is 2.84. The first-order valence-electron chi connectivity index (χ1n) is 6.74. The quantitative estimate of drug-likeness (QED) is 0.882. The van der Waals surface area contributed by atoms with E-state index in [0.717, 1.165) is 30.4 Å². The van der Waals surface area contributed by atoms with Crippen molar-refractivity contribution in [3.05, 3.63) is 53.5 Å². The maximum absolute atomic E-state index is 13.6. The molecule has 21 heavy (non-hydrogen) atoms. The molecule has 2 aromatic rings. The molecule has 1 aromatic carbocycles. The number of rotatable bonds is 6. The fourth-order valence-electron chi connectivity index (χ4n) is 1.72. The van der Waals surface area contributed by atoms with Crippen LogP contribution in [-0.4, -0.2) is 11.5 Å². The molecule has 0 amide bonds. The summed E-state index contributed by atoms with van der Waals surface area (Å²) < 4.78 is 19.0. The first kappa shape index (κ1) is 14.8. The van der Waals surface area contributed by atoms with Crippen molar-refractivity contribution < 1.29 is 9.13 Å². The standard InChI is InChI=1S/C16H16FN3O/c1-2-7-19-16-6-4-13(10-20-16)11-21-15-5-3-12(9-18)8-14(15)17/h3-6,8,10H,2,7,11H2,1H3,(H,19,20). The Morgan fingerprint density at radius 1 is 1.33 bits per heavy atom. The van der Waals surface area contributed by atoms with Crippen molar-refractivity contribution in [1.29, 1.82) is 5.26 Å². The summed E-state index contributed by atoms with van der Waals surface area (Å²) in [6, 6.07) is 9.76. The highest BCUT2D eigenvalue weighted by atomic mass is 19.1. The molecule has 1 heterocycles. The lowest BCUT2D eigenvalue weighted by molar-refractivity contribution is 0.290. The number of benzene rings is 1. The van der Waals surface area contributed by atoms with E-state index in [9.17, 15) is 4.39 Å². The van der Waals surface area contributed by atoms with Gasteiger partial charge < -0.3 is 10.1 Å². The second kappa shape index (κ2) is 7.25. The number of anilines is 1. The van der Waals surface area contributed by atoms with Crippen LogP contribution in [0.25, 0.3) is 0 Å². The Kier molecular flexibility index (Phi) is 5.10. The molecule has 0 spiro atoms. The summed E-state index contributed by atoms with van der Waals surface area (Å²) in [5.74, 6) is 0.399. The number of ether oxygens (including phenoxy) is 1. The Balaban J connectivity index is 1.95. The van der Waals surface area contributed by atoms with Crippen LogP contribution in [0.3, 0.4) is 0 Å². The van der Waals surface area contributed by atoms with Crippen molar-refractivity contribution in [3.8, 4) is 11.8 Å². The molecule has 4 nitrogen and oxygen atoms in total. The van der Waals surface area contributed by atoms with Gasteiger partial charge in [0.1, 0.15) is 12.4 Å². The minimum Gasteiger partial charge on any atom is -0.486 e. The van der Waals surface area contributed by atoms with Crippen molar-refractivity contribution in [3.63, 3.8) is 0 Å². The van der Waals surface area contributed by atoms with Crippen LogP contribution in [0, 0.1) is 17.1 Å². The molecule has 5 heteroatoms. The van der Waals surface area contributed by atoms with Gasteiger partial charge in [-0.15, -0.1) is 0 Å². The fourth-order valence-corrected chi connectivity index (χ4v) is 1.72. The maximum Gasteiger partial charge on any atom is 0.166 e. The van der Waals surface area contributed by atoms with Crippen molar-refractivity contribution in [2.75, 3.05) is 11.9 Å². The minimum absolute atomic E-state index is 0.127. The normalized spacial score (nSPS) is 9.95. The number of nitrogens with zero attached hydrogens (tertiary/aromatic N) is 2. The molecule has 0 radical (unpaired) electrons. The number of pyridine rings is 1. The monoisotopic (exact) mass is 285 g/mol. The number of hydrogen-bond donors (Lipinski definition) is 1. The molecular formula is C16H16FN3O. The average Bonchev–Trinajstić information content (AvgIpc) is 2.52. The van der Waals surface area contributed by atoms with E-state index < -0.39 is 5.82 Å². The second-order valence-corrected chi connectivity index (χ2v) is 4.52. The largest absolute Gasteiger partial charge is 0.486 e. The molecule has 108 valence electrons. The van der Waals surface area contributed by atoms with E-state index in [-0.39, 0.29) is 17.9 Å². The van der Waals surface area contributed by atoms with Gasteiger partial charge in [-0.25, -0.2) is 9.37 Å². The smallest absolute Gasteiger partial charge is 0.166 e. The van der Waals surface area contributed by atoms with Gasteiger partial charge in [-0.2, -0.15) is 5.26 Å². The van der Waals surface area contributed by atoms with Gasteiger partial charge in [0.15, 0.2) is 11.6 Å². The highest BCUT2D eigenvalue weighted by Crippen LogP contribution is 2.19. The van der Waals surface area contributed by atoms with Gasteiger partial charge in [0, 0.05) is 18.3 Å². The number of nitrogens with one attached hydrogen (secondary N) is 1. The molecule has 0 aliphatic rings. The van der Waals surface area contributed by atoms with Crippen LogP contribution in [0.1, 0.15) is 24.5 Å². The molecule has 0 saturated heterocycles. The molecule has 0 bridgehead atoms. The van der Waals surface area contributed by atoms with Gasteiger partial charge >= 0.3 is 0 Å². The van der Waals surface area contributed by atoms with Gasteiger partial charge in [-0.05, 0) is 30.7 Å². The van der Waals surface area contributed by atoms with Crippen molar-refractivity contribution >= 4 is 5.82 Å². The summed E-state index contributed by atoms with van der Waals surface area (Å²) in [4.78, 5) is 4.25. The molecule has 0 aliphatic carbocycles. The first-order chi connectivity index (χ1) is 10.2. The third-order valence-electron chi connectivity index (χ3n) is 2.84. The van der Waals surface area contributed by atoms with E-state index in [1.165, 1.54) is 12.1 Å². The van der Waals surface area contributed by atoms with Crippen molar-refractivity contribution in [2.24, 2.45) is 0 Å². The maximum atomic E-state index is 13.6. The van der Waals surface area contributed by atoms with E-state index in [1.54, 1.807) is 6.20 Å². The predicted octanol–water partition coefficient (Wildman–Crippen LogP) is 3.49. The van der Waals surface area contributed by atoms with E-state index >= 15 is 0 Å². The van der Waals surface area contributed by atoms with Gasteiger partial charge in [0.2, 0.25) is 0 Å². The van der Waals surface area contributed by atoms with Crippen molar-refractivity contribution in [2.45, 2.75) is 20.0 Å². The Morgan fingerprint density at radius 2 is 2.19 bits per heavy atom. The lowest BCUT2D eigenvalue weighted by Crippen LogP contribution is -2.03. The molecule has 0 atom stereocenters. The lowest BCUT2D eigenvalue weighted by atomic mass is 10.2. The van der Waals surface area contributed by atoms with Gasteiger partial charge in [0.25, 0.3) is 0 Å². The van der Waals surface area contributed by atoms with E-state index in [2.05, 4.69) is 17.2 Å². The molecule has 0 aliphatic heterocycles. The number of hydrogen-bond acceptors (Lipinski definition) is 4. The molecule has 1 aromatic heterocycles. The lowest BCUT2D eigenvalue weighted by Gasteiger charge is -2.08. The number of nitriles is 1. The molecule has 0 saturated carbocycles. The highest BCUT2D eigenvalue weighted by molar-refractivity contribution is 5.37. The molecule has 1 N–H and O–H groups in total. The molecule has 0 fully saturated rings. The Hall–Kier alpha value is -2.61. The zero-order valence-electron chi connectivity index (χ0n) is 11.8. The summed E-state index contributed by atoms with van der Waals surface area (Å²) in [6.45, 7) is 3.19. The van der Waals surface area contributed by atoms with Crippen LogP contribution in [-0.2, 0) is 6.61 Å². The van der Waals surface area contributed by atoms with Crippen LogP contribution in [0.5, 0.6) is 5.75 Å². The summed E-state index contributed by atoms with van der Waals surface area (Å²) in [7, 11) is 0. The summed E-state index contributed by atoms with van der Waals surface area (Å²) in [6.07, 6.45) is 2.73. The fraction of sp³-hybridized carbons (Fsp3) is 0.250. The highest BCUT2D eigenvalue weighted by Gasteiger charge is 2.05. The van der Waals surface area contributed by atoms with Crippen LogP contribution in [0.15, 0.2) is 36.5 Å². The average molecular weight is 285 g/mol. The molecule has 2 rings (SSSR count). The summed E-state index contributed by atoms with van der Waals surface area (Å²) in [5, 5.41) is 11.9. The molecular weight excluding hydrogens is 269 g/mol. The topological polar surface area (TPSA) is 57.9 Å². The van der Waals surface area contributed by atoms with Crippen LogP contribution in [0.4, 0.5) is 10.2 Å². The van der Waals surface area contributed by atoms with Crippen LogP contribution >= 0.6 is 0 Å². The van der Waals surface area contributed by atoms with Gasteiger partial charge in [0.05, 0.1) is 11.6 Å². The van der Waals surface area contributed by atoms with Crippen molar-refractivity contribution in [1.82, 2.24) is 4.98 Å². The van der Waals surface area contributed by atoms with E-state index in [1.807, 2.05) is 18.2 Å². The predicted molar refractivity (Wildman–Crippen MR) is 78.5 cm³/mol. The Bertz CT molecular complexity index is 635. The van der Waals surface area contributed by atoms with E-state index in [4.69, 9.17) is 10.00 Å². The minimum atomic E-state index is -0.539. The van der Waals surface area contributed by atoms with Gasteiger partial charge in [-0.1, -0.05) is 13.0 Å². The summed E-state index contributed by atoms with van der Waals surface area (Å²) in [5.41, 5.74) is 1.12. The second-order valence-electron chi connectivity index (χ2n) is 4.52. The zero-order valence-corrected chi connectivity index (χ0v) is 11.8. The van der Waals surface area contributed by atoms with Crippen LogP contribution in [0.2, 0.25) is 0 Å². The van der Waals surface area contributed by atoms with Gasteiger partial charge in [-0.3, -0.25) is 0 Å².